The molecule has 0 atom stereocenters. The van der Waals surface area contributed by atoms with Crippen LogP contribution in [0.2, 0.25) is 0 Å². The Hall–Kier alpha value is -2.90. The Morgan fingerprint density at radius 1 is 1.13 bits per heavy atom. The SMILES string of the molecule is COc1ccccc1C(=O)N1CCCN(C(=O)CCCc2nc(C(C)C)no2)CC1. The molecule has 1 saturated heterocycles. The molecule has 0 unspecified atom stereocenters. The van der Waals surface area contributed by atoms with E-state index in [-0.39, 0.29) is 17.7 Å². The molecule has 2 aromatic rings. The van der Waals surface area contributed by atoms with Crippen LogP contribution in [0, 0.1) is 0 Å². The molecule has 1 fully saturated rings. The lowest BCUT2D eigenvalue weighted by Crippen LogP contribution is -2.37. The van der Waals surface area contributed by atoms with Crippen molar-refractivity contribution in [2.75, 3.05) is 33.3 Å². The minimum atomic E-state index is -0.0564. The van der Waals surface area contributed by atoms with Crippen LogP contribution in [0.4, 0.5) is 0 Å². The molecule has 2 heterocycles. The molecular formula is C22H30N4O4. The lowest BCUT2D eigenvalue weighted by atomic mass is 10.1. The molecule has 162 valence electrons. The zero-order valence-electron chi connectivity index (χ0n) is 18.0. The van der Waals surface area contributed by atoms with Crippen LogP contribution in [0.3, 0.4) is 0 Å². The fourth-order valence-electron chi connectivity index (χ4n) is 3.51. The average Bonchev–Trinajstić information content (AvgIpc) is 3.09. The molecule has 1 aromatic carbocycles. The Bertz CT molecular complexity index is 864. The van der Waals surface area contributed by atoms with E-state index >= 15 is 0 Å². The second-order valence-electron chi connectivity index (χ2n) is 7.78. The van der Waals surface area contributed by atoms with Crippen LogP contribution in [-0.4, -0.2) is 65.0 Å². The Balaban J connectivity index is 1.49. The summed E-state index contributed by atoms with van der Waals surface area (Å²) in [5.41, 5.74) is 0.556. The molecule has 8 nitrogen and oxygen atoms in total. The van der Waals surface area contributed by atoms with Crippen LogP contribution >= 0.6 is 0 Å². The Morgan fingerprint density at radius 3 is 2.60 bits per heavy atom. The number of carbonyl (C=O) groups is 2. The van der Waals surface area contributed by atoms with Gasteiger partial charge < -0.3 is 19.1 Å². The number of nitrogens with zero attached hydrogens (tertiary/aromatic N) is 4. The number of aryl methyl sites for hydroxylation is 1. The highest BCUT2D eigenvalue weighted by Crippen LogP contribution is 2.20. The van der Waals surface area contributed by atoms with Crippen molar-refractivity contribution < 1.29 is 18.8 Å². The molecular weight excluding hydrogens is 384 g/mol. The van der Waals surface area contributed by atoms with Gasteiger partial charge in [-0.15, -0.1) is 0 Å². The second-order valence-corrected chi connectivity index (χ2v) is 7.78. The number of hydrogen-bond acceptors (Lipinski definition) is 6. The van der Waals surface area contributed by atoms with Crippen LogP contribution in [0.5, 0.6) is 5.75 Å². The first-order valence-corrected chi connectivity index (χ1v) is 10.5. The van der Waals surface area contributed by atoms with Crippen LogP contribution in [0.1, 0.15) is 61.1 Å². The van der Waals surface area contributed by atoms with Gasteiger partial charge in [0.1, 0.15) is 5.75 Å². The highest BCUT2D eigenvalue weighted by molar-refractivity contribution is 5.97. The summed E-state index contributed by atoms with van der Waals surface area (Å²) in [5, 5.41) is 3.95. The van der Waals surface area contributed by atoms with Crippen molar-refractivity contribution in [3.05, 3.63) is 41.5 Å². The summed E-state index contributed by atoms with van der Waals surface area (Å²) < 4.78 is 10.5. The zero-order valence-corrected chi connectivity index (χ0v) is 18.0. The Morgan fingerprint density at radius 2 is 1.87 bits per heavy atom. The van der Waals surface area contributed by atoms with E-state index in [0.29, 0.717) is 68.5 Å². The van der Waals surface area contributed by atoms with Crippen molar-refractivity contribution in [2.24, 2.45) is 0 Å². The molecule has 1 aromatic heterocycles. The van der Waals surface area contributed by atoms with Crippen LogP contribution in [-0.2, 0) is 11.2 Å². The molecule has 8 heteroatoms. The van der Waals surface area contributed by atoms with E-state index in [1.807, 2.05) is 30.9 Å². The van der Waals surface area contributed by atoms with Gasteiger partial charge in [-0.1, -0.05) is 31.1 Å². The first kappa shape index (κ1) is 21.8. The predicted octanol–water partition coefficient (Wildman–Crippen LogP) is 2.90. The van der Waals surface area contributed by atoms with E-state index in [9.17, 15) is 9.59 Å². The van der Waals surface area contributed by atoms with Gasteiger partial charge in [-0.2, -0.15) is 4.98 Å². The van der Waals surface area contributed by atoms with Gasteiger partial charge in [-0.25, -0.2) is 0 Å². The third-order valence-corrected chi connectivity index (χ3v) is 5.25. The van der Waals surface area contributed by atoms with Crippen LogP contribution < -0.4 is 4.74 Å². The minimum absolute atomic E-state index is 0.0564. The van der Waals surface area contributed by atoms with Gasteiger partial charge in [0.2, 0.25) is 11.8 Å². The van der Waals surface area contributed by atoms with Gasteiger partial charge in [-0.05, 0) is 25.0 Å². The topological polar surface area (TPSA) is 88.8 Å². The molecule has 1 aliphatic rings. The summed E-state index contributed by atoms with van der Waals surface area (Å²) >= 11 is 0. The molecule has 30 heavy (non-hydrogen) atoms. The lowest BCUT2D eigenvalue weighted by molar-refractivity contribution is -0.131. The van der Waals surface area contributed by atoms with Gasteiger partial charge in [0.15, 0.2) is 5.82 Å². The first-order chi connectivity index (χ1) is 14.5. The Kier molecular flexibility index (Phi) is 7.43. The average molecular weight is 415 g/mol. The summed E-state index contributed by atoms with van der Waals surface area (Å²) in [6.45, 7) is 6.37. The molecule has 0 radical (unpaired) electrons. The summed E-state index contributed by atoms with van der Waals surface area (Å²) in [6.07, 6.45) is 2.45. The predicted molar refractivity (Wildman–Crippen MR) is 111 cm³/mol. The van der Waals surface area contributed by atoms with Crippen molar-refractivity contribution >= 4 is 11.8 Å². The maximum absolute atomic E-state index is 12.9. The maximum atomic E-state index is 12.9. The monoisotopic (exact) mass is 414 g/mol. The van der Waals surface area contributed by atoms with Gasteiger partial charge in [0.25, 0.3) is 5.91 Å². The molecule has 2 amide bonds. The van der Waals surface area contributed by atoms with Gasteiger partial charge >= 0.3 is 0 Å². The van der Waals surface area contributed by atoms with E-state index in [2.05, 4.69) is 10.1 Å². The molecule has 0 saturated carbocycles. The fraction of sp³-hybridized carbons (Fsp3) is 0.545. The highest BCUT2D eigenvalue weighted by atomic mass is 16.5. The summed E-state index contributed by atoms with van der Waals surface area (Å²) in [5.74, 6) is 2.12. The number of hydrogen-bond donors (Lipinski definition) is 0. The second kappa shape index (κ2) is 10.2. The van der Waals surface area contributed by atoms with Crippen LogP contribution in [0.15, 0.2) is 28.8 Å². The number of aromatic nitrogens is 2. The Labute approximate surface area is 177 Å². The largest absolute Gasteiger partial charge is 0.496 e. The highest BCUT2D eigenvalue weighted by Gasteiger charge is 2.24. The molecule has 0 spiro atoms. The zero-order chi connectivity index (χ0) is 21.5. The van der Waals surface area contributed by atoms with Gasteiger partial charge in [0.05, 0.1) is 12.7 Å². The molecule has 0 N–H and O–H groups in total. The third kappa shape index (κ3) is 5.37. The number of carbonyl (C=O) groups excluding carboxylic acids is 2. The molecule has 3 rings (SSSR count). The van der Waals surface area contributed by atoms with Crippen molar-refractivity contribution in [3.63, 3.8) is 0 Å². The lowest BCUT2D eigenvalue weighted by Gasteiger charge is -2.23. The summed E-state index contributed by atoms with van der Waals surface area (Å²) in [7, 11) is 1.56. The standard InChI is InChI=1S/C22H30N4O4/c1-16(2)21-23-19(30-24-21)10-6-11-20(27)25-12-7-13-26(15-14-25)22(28)17-8-4-5-9-18(17)29-3/h4-5,8-9,16H,6-7,10-15H2,1-3H3. The van der Waals surface area contributed by atoms with Gasteiger partial charge in [-0.3, -0.25) is 9.59 Å². The summed E-state index contributed by atoms with van der Waals surface area (Å²) in [4.78, 5) is 33.5. The van der Waals surface area contributed by atoms with E-state index in [1.165, 1.54) is 0 Å². The first-order valence-electron chi connectivity index (χ1n) is 10.5. The quantitative estimate of drug-likeness (QED) is 0.692. The fourth-order valence-corrected chi connectivity index (χ4v) is 3.51. The van der Waals surface area contributed by atoms with Gasteiger partial charge in [0, 0.05) is 44.9 Å². The van der Waals surface area contributed by atoms with E-state index in [1.54, 1.807) is 24.1 Å². The van der Waals surface area contributed by atoms with Crippen molar-refractivity contribution in [1.29, 1.82) is 0 Å². The number of amides is 2. The number of benzene rings is 1. The normalized spacial score (nSPS) is 14.7. The summed E-state index contributed by atoms with van der Waals surface area (Å²) in [6, 6.07) is 7.24. The van der Waals surface area contributed by atoms with E-state index in [4.69, 9.17) is 9.26 Å². The number of ether oxygens (including phenoxy) is 1. The third-order valence-electron chi connectivity index (χ3n) is 5.25. The van der Waals surface area contributed by atoms with Crippen molar-refractivity contribution in [1.82, 2.24) is 19.9 Å². The number of rotatable bonds is 7. The molecule has 1 aliphatic heterocycles. The number of methoxy groups -OCH3 is 1. The number of para-hydroxylation sites is 1. The molecule has 0 aliphatic carbocycles. The smallest absolute Gasteiger partial charge is 0.257 e. The van der Waals surface area contributed by atoms with E-state index < -0.39 is 0 Å². The van der Waals surface area contributed by atoms with Crippen LogP contribution in [0.25, 0.3) is 0 Å². The maximum Gasteiger partial charge on any atom is 0.257 e. The van der Waals surface area contributed by atoms with Crippen molar-refractivity contribution in [3.8, 4) is 5.75 Å². The minimum Gasteiger partial charge on any atom is -0.496 e. The van der Waals surface area contributed by atoms with Crippen molar-refractivity contribution in [2.45, 2.75) is 45.4 Å². The van der Waals surface area contributed by atoms with E-state index in [0.717, 1.165) is 6.42 Å². The molecule has 0 bridgehead atoms.